The molecule has 18 heavy (non-hydrogen) atoms. The fraction of sp³-hybridized carbons (Fsp3) is 0.500. The molecular weight excluding hydrogens is 252 g/mol. The van der Waals surface area contributed by atoms with Crippen molar-refractivity contribution in [2.75, 3.05) is 18.0 Å². The molecule has 1 aromatic rings. The van der Waals surface area contributed by atoms with Gasteiger partial charge < -0.3 is 10.0 Å². The maximum absolute atomic E-state index is 12.2. The fourth-order valence-corrected chi connectivity index (χ4v) is 3.45. The van der Waals surface area contributed by atoms with Gasteiger partial charge in [-0.15, -0.1) is 0 Å². The Kier molecular flexibility index (Phi) is 3.61. The van der Waals surface area contributed by atoms with Crippen molar-refractivity contribution in [2.45, 2.75) is 30.9 Å². The Bertz CT molecular complexity index is 522. The van der Waals surface area contributed by atoms with Crippen LogP contribution in [0.5, 0.6) is 0 Å². The van der Waals surface area contributed by atoms with Gasteiger partial charge in [0.05, 0.1) is 11.8 Å². The molecule has 0 bridgehead atoms. The molecule has 1 saturated heterocycles. The Labute approximate surface area is 107 Å². The maximum Gasteiger partial charge on any atom is 0.242 e. The van der Waals surface area contributed by atoms with Crippen LogP contribution < -0.4 is 9.62 Å². The van der Waals surface area contributed by atoms with Crippen molar-refractivity contribution in [1.82, 2.24) is 4.72 Å². The van der Waals surface area contributed by atoms with E-state index in [2.05, 4.69) is 4.72 Å². The second-order valence-electron chi connectivity index (χ2n) is 4.80. The molecule has 0 spiro atoms. The lowest BCUT2D eigenvalue weighted by Crippen LogP contribution is -2.51. The van der Waals surface area contributed by atoms with E-state index in [1.54, 1.807) is 38.1 Å². The molecule has 1 aromatic carbocycles. The number of sulfonamides is 1. The predicted molar refractivity (Wildman–Crippen MR) is 70.1 cm³/mol. The standard InChI is InChI=1S/C12H18N2O3S/c1-9(2)13-18(16,17)12-6-4-3-5-11(12)14-7-10(15)8-14/h3-6,9-10,13,15H,7-8H2,1-2H3. The quantitative estimate of drug-likeness (QED) is 0.838. The van der Waals surface area contributed by atoms with E-state index in [1.165, 1.54) is 0 Å². The van der Waals surface area contributed by atoms with E-state index in [1.807, 2.05) is 4.90 Å². The largest absolute Gasteiger partial charge is 0.389 e. The van der Waals surface area contributed by atoms with Gasteiger partial charge in [0.15, 0.2) is 0 Å². The minimum atomic E-state index is -3.50. The number of rotatable bonds is 4. The van der Waals surface area contributed by atoms with Gasteiger partial charge in [0.1, 0.15) is 4.90 Å². The normalized spacial score (nSPS) is 17.0. The number of β-amino-alcohol motifs (C(OH)–C–C–N with tert-alkyl or cyclic N) is 1. The highest BCUT2D eigenvalue weighted by Gasteiger charge is 2.29. The van der Waals surface area contributed by atoms with Crippen molar-refractivity contribution in [1.29, 1.82) is 0 Å². The van der Waals surface area contributed by atoms with Crippen molar-refractivity contribution in [3.63, 3.8) is 0 Å². The Balaban J connectivity index is 2.33. The number of benzene rings is 1. The van der Waals surface area contributed by atoms with Crippen LogP contribution in [0.3, 0.4) is 0 Å². The number of hydrogen-bond donors (Lipinski definition) is 2. The highest BCUT2D eigenvalue weighted by atomic mass is 32.2. The average Bonchev–Trinajstić information content (AvgIpc) is 2.23. The third-order valence-corrected chi connectivity index (χ3v) is 4.45. The first-order valence-electron chi connectivity index (χ1n) is 5.94. The average molecular weight is 270 g/mol. The summed E-state index contributed by atoms with van der Waals surface area (Å²) >= 11 is 0. The van der Waals surface area contributed by atoms with Gasteiger partial charge in [-0.25, -0.2) is 13.1 Å². The van der Waals surface area contributed by atoms with Gasteiger partial charge in [0.25, 0.3) is 0 Å². The molecule has 0 aromatic heterocycles. The third kappa shape index (κ3) is 2.66. The summed E-state index contributed by atoms with van der Waals surface area (Å²) in [5.41, 5.74) is 0.649. The van der Waals surface area contributed by atoms with Crippen molar-refractivity contribution in [3.8, 4) is 0 Å². The summed E-state index contributed by atoms with van der Waals surface area (Å²) in [7, 11) is -3.50. The highest BCUT2D eigenvalue weighted by molar-refractivity contribution is 7.89. The molecule has 1 fully saturated rings. The maximum atomic E-state index is 12.2. The van der Waals surface area contributed by atoms with Gasteiger partial charge in [-0.05, 0) is 26.0 Å². The van der Waals surface area contributed by atoms with Crippen molar-refractivity contribution in [2.24, 2.45) is 0 Å². The lowest BCUT2D eigenvalue weighted by molar-refractivity contribution is 0.141. The van der Waals surface area contributed by atoms with Crippen LogP contribution in [0, 0.1) is 0 Å². The molecule has 6 heteroatoms. The highest BCUT2D eigenvalue weighted by Crippen LogP contribution is 2.28. The van der Waals surface area contributed by atoms with E-state index in [0.29, 0.717) is 18.8 Å². The van der Waals surface area contributed by atoms with E-state index in [-0.39, 0.29) is 17.0 Å². The lowest BCUT2D eigenvalue weighted by Gasteiger charge is -2.38. The molecule has 0 radical (unpaired) electrons. The lowest BCUT2D eigenvalue weighted by atomic mass is 10.1. The molecule has 2 rings (SSSR count). The number of hydrogen-bond acceptors (Lipinski definition) is 4. The molecule has 100 valence electrons. The van der Waals surface area contributed by atoms with E-state index in [0.717, 1.165) is 0 Å². The Morgan fingerprint density at radius 3 is 2.50 bits per heavy atom. The molecule has 0 atom stereocenters. The first kappa shape index (κ1) is 13.3. The van der Waals surface area contributed by atoms with Gasteiger partial charge in [0.2, 0.25) is 10.0 Å². The number of nitrogens with one attached hydrogen (secondary N) is 1. The van der Waals surface area contributed by atoms with Crippen LogP contribution in [0.25, 0.3) is 0 Å². The van der Waals surface area contributed by atoms with Crippen LogP contribution in [0.2, 0.25) is 0 Å². The molecule has 1 aliphatic rings. The van der Waals surface area contributed by atoms with E-state index >= 15 is 0 Å². The number of nitrogens with zero attached hydrogens (tertiary/aromatic N) is 1. The number of anilines is 1. The summed E-state index contributed by atoms with van der Waals surface area (Å²) in [5.74, 6) is 0. The zero-order chi connectivity index (χ0) is 13.3. The summed E-state index contributed by atoms with van der Waals surface area (Å²) in [4.78, 5) is 2.13. The molecule has 1 aliphatic heterocycles. The molecular formula is C12H18N2O3S. The minimum Gasteiger partial charge on any atom is -0.389 e. The molecule has 0 amide bonds. The number of aliphatic hydroxyl groups excluding tert-OH is 1. The Hall–Kier alpha value is -1.11. The summed E-state index contributed by atoms with van der Waals surface area (Å²) in [6.45, 7) is 4.53. The van der Waals surface area contributed by atoms with Crippen LogP contribution in [-0.4, -0.2) is 38.8 Å². The number of para-hydroxylation sites is 1. The summed E-state index contributed by atoms with van der Waals surface area (Å²) in [6, 6.07) is 6.71. The van der Waals surface area contributed by atoms with Crippen LogP contribution in [-0.2, 0) is 10.0 Å². The molecule has 0 unspecified atom stereocenters. The molecule has 1 heterocycles. The van der Waals surface area contributed by atoms with Gasteiger partial charge >= 0.3 is 0 Å². The topological polar surface area (TPSA) is 69.6 Å². The molecule has 2 N–H and O–H groups in total. The zero-order valence-electron chi connectivity index (χ0n) is 10.5. The van der Waals surface area contributed by atoms with Crippen molar-refractivity contribution in [3.05, 3.63) is 24.3 Å². The first-order chi connectivity index (χ1) is 8.40. The SMILES string of the molecule is CC(C)NS(=O)(=O)c1ccccc1N1CC(O)C1. The summed E-state index contributed by atoms with van der Waals surface area (Å²) in [5, 5.41) is 9.31. The van der Waals surface area contributed by atoms with E-state index in [9.17, 15) is 13.5 Å². The van der Waals surface area contributed by atoms with E-state index < -0.39 is 10.0 Å². The van der Waals surface area contributed by atoms with Gasteiger partial charge in [-0.2, -0.15) is 0 Å². The van der Waals surface area contributed by atoms with Crippen LogP contribution >= 0.6 is 0 Å². The Morgan fingerprint density at radius 1 is 1.33 bits per heavy atom. The van der Waals surface area contributed by atoms with Crippen molar-refractivity contribution >= 4 is 15.7 Å². The van der Waals surface area contributed by atoms with Gasteiger partial charge in [-0.3, -0.25) is 0 Å². The molecule has 5 nitrogen and oxygen atoms in total. The van der Waals surface area contributed by atoms with Crippen molar-refractivity contribution < 1.29 is 13.5 Å². The zero-order valence-corrected chi connectivity index (χ0v) is 11.3. The molecule has 0 saturated carbocycles. The second-order valence-corrected chi connectivity index (χ2v) is 6.48. The summed E-state index contributed by atoms with van der Waals surface area (Å²) < 4.78 is 27.0. The van der Waals surface area contributed by atoms with Crippen LogP contribution in [0.15, 0.2) is 29.2 Å². The monoisotopic (exact) mass is 270 g/mol. The first-order valence-corrected chi connectivity index (χ1v) is 7.43. The van der Waals surface area contributed by atoms with Gasteiger partial charge in [-0.1, -0.05) is 12.1 Å². The van der Waals surface area contributed by atoms with Crippen LogP contribution in [0.4, 0.5) is 5.69 Å². The third-order valence-electron chi connectivity index (χ3n) is 2.75. The predicted octanol–water partition coefficient (Wildman–Crippen LogP) is 0.554. The second kappa shape index (κ2) is 4.87. The minimum absolute atomic E-state index is 0.148. The molecule has 0 aliphatic carbocycles. The summed E-state index contributed by atoms with van der Waals surface area (Å²) in [6.07, 6.45) is -0.362. The van der Waals surface area contributed by atoms with Gasteiger partial charge in [0, 0.05) is 19.1 Å². The number of aliphatic hydroxyl groups is 1. The fourth-order valence-electron chi connectivity index (χ4n) is 1.97. The Morgan fingerprint density at radius 2 is 1.94 bits per heavy atom. The smallest absolute Gasteiger partial charge is 0.242 e. The van der Waals surface area contributed by atoms with Crippen LogP contribution in [0.1, 0.15) is 13.8 Å². The van der Waals surface area contributed by atoms with E-state index in [4.69, 9.17) is 0 Å².